The molecule has 0 spiro atoms. The summed E-state index contributed by atoms with van der Waals surface area (Å²) in [6, 6.07) is 7.37. The van der Waals surface area contributed by atoms with Crippen LogP contribution in [0.1, 0.15) is 6.92 Å². The molecule has 5 nitrogen and oxygen atoms in total. The van der Waals surface area contributed by atoms with E-state index in [1.165, 1.54) is 6.92 Å². The summed E-state index contributed by atoms with van der Waals surface area (Å²) < 4.78 is 5.16. The van der Waals surface area contributed by atoms with Crippen molar-refractivity contribution in [2.24, 2.45) is 0 Å². The van der Waals surface area contributed by atoms with E-state index in [-0.39, 0.29) is 5.91 Å². The fourth-order valence-corrected chi connectivity index (χ4v) is 1.62. The normalized spacial score (nSPS) is 9.89. The first-order chi connectivity index (χ1) is 8.70. The Morgan fingerprint density at radius 3 is 2.78 bits per heavy atom. The topological polar surface area (TPSA) is 64.1 Å². The van der Waals surface area contributed by atoms with Gasteiger partial charge >= 0.3 is 0 Å². The van der Waals surface area contributed by atoms with Crippen LogP contribution in [0.25, 0.3) is 11.3 Å². The van der Waals surface area contributed by atoms with Gasteiger partial charge in [-0.3, -0.25) is 4.79 Å². The van der Waals surface area contributed by atoms with Gasteiger partial charge in [0.05, 0.1) is 7.11 Å². The minimum Gasteiger partial charge on any atom is -0.479 e. The summed E-state index contributed by atoms with van der Waals surface area (Å²) in [6.45, 7) is 1.47. The number of hydrogen-bond donors (Lipinski definition) is 1. The molecule has 5 heteroatoms. The van der Waals surface area contributed by atoms with E-state index in [0.717, 1.165) is 5.56 Å². The SMILES string of the molecule is COc1nccnc1-c1cccc(NC(C)=O)c1. The van der Waals surface area contributed by atoms with Crippen molar-refractivity contribution >= 4 is 11.6 Å². The Hall–Kier alpha value is -2.43. The lowest BCUT2D eigenvalue weighted by Crippen LogP contribution is -2.05. The molecule has 1 aromatic heterocycles. The number of aromatic nitrogens is 2. The molecule has 1 N–H and O–H groups in total. The number of amides is 1. The number of anilines is 1. The average molecular weight is 243 g/mol. The van der Waals surface area contributed by atoms with Gasteiger partial charge in [-0.1, -0.05) is 12.1 Å². The van der Waals surface area contributed by atoms with Crippen LogP contribution in [-0.4, -0.2) is 23.0 Å². The maximum absolute atomic E-state index is 11.0. The fraction of sp³-hybridized carbons (Fsp3) is 0.154. The third kappa shape index (κ3) is 2.63. The molecular weight excluding hydrogens is 230 g/mol. The van der Waals surface area contributed by atoms with Gasteiger partial charge in [0.1, 0.15) is 5.69 Å². The smallest absolute Gasteiger partial charge is 0.240 e. The molecule has 0 saturated heterocycles. The Morgan fingerprint density at radius 2 is 2.06 bits per heavy atom. The molecular formula is C13H13N3O2. The molecule has 0 fully saturated rings. The molecule has 18 heavy (non-hydrogen) atoms. The van der Waals surface area contributed by atoms with Crippen molar-refractivity contribution in [2.75, 3.05) is 12.4 Å². The Kier molecular flexibility index (Phi) is 3.52. The Labute approximate surface area is 105 Å². The molecule has 0 aliphatic rings. The molecule has 1 heterocycles. The molecule has 2 rings (SSSR count). The lowest BCUT2D eigenvalue weighted by molar-refractivity contribution is -0.114. The van der Waals surface area contributed by atoms with E-state index in [1.807, 2.05) is 24.3 Å². The van der Waals surface area contributed by atoms with Crippen LogP contribution in [0.4, 0.5) is 5.69 Å². The van der Waals surface area contributed by atoms with Crippen LogP contribution in [0.3, 0.4) is 0 Å². The van der Waals surface area contributed by atoms with Gasteiger partial charge in [-0.25, -0.2) is 9.97 Å². The summed E-state index contributed by atoms with van der Waals surface area (Å²) in [5.41, 5.74) is 2.20. The summed E-state index contributed by atoms with van der Waals surface area (Å²) in [7, 11) is 1.55. The zero-order valence-electron chi connectivity index (χ0n) is 10.2. The summed E-state index contributed by atoms with van der Waals surface area (Å²) >= 11 is 0. The van der Waals surface area contributed by atoms with E-state index in [1.54, 1.807) is 19.5 Å². The molecule has 0 unspecified atom stereocenters. The first kappa shape index (κ1) is 12.0. The summed E-state index contributed by atoms with van der Waals surface area (Å²) in [4.78, 5) is 19.4. The number of methoxy groups -OCH3 is 1. The van der Waals surface area contributed by atoms with Crippen molar-refractivity contribution in [1.29, 1.82) is 0 Å². The third-order valence-electron chi connectivity index (χ3n) is 2.31. The maximum Gasteiger partial charge on any atom is 0.240 e. The molecule has 0 bridgehead atoms. The number of carbonyl (C=O) groups excluding carboxylic acids is 1. The molecule has 0 radical (unpaired) electrons. The molecule has 0 saturated carbocycles. The van der Waals surface area contributed by atoms with Crippen molar-refractivity contribution in [3.63, 3.8) is 0 Å². The van der Waals surface area contributed by atoms with Crippen LogP contribution in [0.5, 0.6) is 5.88 Å². The fourth-order valence-electron chi connectivity index (χ4n) is 1.62. The van der Waals surface area contributed by atoms with E-state index >= 15 is 0 Å². The third-order valence-corrected chi connectivity index (χ3v) is 2.31. The molecule has 0 atom stereocenters. The van der Waals surface area contributed by atoms with Crippen molar-refractivity contribution in [1.82, 2.24) is 9.97 Å². The van der Waals surface area contributed by atoms with Crippen LogP contribution in [0, 0.1) is 0 Å². The predicted molar refractivity (Wildman–Crippen MR) is 68.3 cm³/mol. The van der Waals surface area contributed by atoms with Gasteiger partial charge in [0.15, 0.2) is 0 Å². The van der Waals surface area contributed by atoms with E-state index in [0.29, 0.717) is 17.3 Å². The van der Waals surface area contributed by atoms with Gasteiger partial charge in [0.25, 0.3) is 0 Å². The number of rotatable bonds is 3. The van der Waals surface area contributed by atoms with Crippen LogP contribution in [0.2, 0.25) is 0 Å². The van der Waals surface area contributed by atoms with Crippen LogP contribution >= 0.6 is 0 Å². The highest BCUT2D eigenvalue weighted by Crippen LogP contribution is 2.26. The van der Waals surface area contributed by atoms with Gasteiger partial charge in [-0.15, -0.1) is 0 Å². The quantitative estimate of drug-likeness (QED) is 0.896. The number of nitrogens with one attached hydrogen (secondary N) is 1. The Bertz CT molecular complexity index is 570. The highest BCUT2D eigenvalue weighted by atomic mass is 16.5. The standard InChI is InChI=1S/C13H13N3O2/c1-9(17)16-11-5-3-4-10(8-11)12-13(18-2)15-7-6-14-12/h3-8H,1-2H3,(H,16,17). The van der Waals surface area contributed by atoms with E-state index in [2.05, 4.69) is 15.3 Å². The van der Waals surface area contributed by atoms with Gasteiger partial charge in [-0.2, -0.15) is 0 Å². The number of hydrogen-bond acceptors (Lipinski definition) is 4. The molecule has 1 amide bonds. The molecule has 92 valence electrons. The number of ether oxygens (including phenoxy) is 1. The Balaban J connectivity index is 2.41. The maximum atomic E-state index is 11.0. The molecule has 2 aromatic rings. The van der Waals surface area contributed by atoms with Crippen LogP contribution in [0.15, 0.2) is 36.7 Å². The Morgan fingerprint density at radius 1 is 1.28 bits per heavy atom. The van der Waals surface area contributed by atoms with Crippen molar-refractivity contribution in [2.45, 2.75) is 6.92 Å². The lowest BCUT2D eigenvalue weighted by atomic mass is 10.1. The largest absolute Gasteiger partial charge is 0.479 e. The number of carbonyl (C=O) groups is 1. The minimum atomic E-state index is -0.113. The van der Waals surface area contributed by atoms with Crippen molar-refractivity contribution in [3.8, 4) is 17.1 Å². The summed E-state index contributed by atoms with van der Waals surface area (Å²) in [6.07, 6.45) is 3.17. The van der Waals surface area contributed by atoms with Crippen LogP contribution in [-0.2, 0) is 4.79 Å². The van der Waals surface area contributed by atoms with Crippen molar-refractivity contribution < 1.29 is 9.53 Å². The molecule has 0 aliphatic carbocycles. The second-order valence-electron chi connectivity index (χ2n) is 3.68. The number of nitrogens with zero attached hydrogens (tertiary/aromatic N) is 2. The zero-order valence-corrected chi connectivity index (χ0v) is 10.2. The minimum absolute atomic E-state index is 0.113. The van der Waals surface area contributed by atoms with Gasteiger partial charge in [0, 0.05) is 30.6 Å². The van der Waals surface area contributed by atoms with E-state index in [4.69, 9.17) is 4.74 Å². The predicted octanol–water partition coefficient (Wildman–Crippen LogP) is 2.11. The average Bonchev–Trinajstić information content (AvgIpc) is 2.38. The summed E-state index contributed by atoms with van der Waals surface area (Å²) in [5.74, 6) is 0.343. The highest BCUT2D eigenvalue weighted by Gasteiger charge is 2.08. The second-order valence-corrected chi connectivity index (χ2v) is 3.68. The van der Waals surface area contributed by atoms with Gasteiger partial charge in [0.2, 0.25) is 11.8 Å². The van der Waals surface area contributed by atoms with Gasteiger partial charge in [-0.05, 0) is 12.1 Å². The molecule has 0 aliphatic heterocycles. The number of benzene rings is 1. The zero-order chi connectivity index (χ0) is 13.0. The van der Waals surface area contributed by atoms with Crippen molar-refractivity contribution in [3.05, 3.63) is 36.7 Å². The second kappa shape index (κ2) is 5.27. The van der Waals surface area contributed by atoms with E-state index in [9.17, 15) is 4.79 Å². The monoisotopic (exact) mass is 243 g/mol. The lowest BCUT2D eigenvalue weighted by Gasteiger charge is -2.07. The highest BCUT2D eigenvalue weighted by molar-refractivity contribution is 5.89. The summed E-state index contributed by atoms with van der Waals surface area (Å²) in [5, 5.41) is 2.72. The van der Waals surface area contributed by atoms with E-state index < -0.39 is 0 Å². The molecule has 1 aromatic carbocycles. The van der Waals surface area contributed by atoms with Gasteiger partial charge < -0.3 is 10.1 Å². The van der Waals surface area contributed by atoms with Crippen LogP contribution < -0.4 is 10.1 Å². The first-order valence-electron chi connectivity index (χ1n) is 5.43. The first-order valence-corrected chi connectivity index (χ1v) is 5.43.